The molecule has 2 aromatic rings. The second-order valence-corrected chi connectivity index (χ2v) is 4.80. The van der Waals surface area contributed by atoms with Crippen LogP contribution in [0.2, 0.25) is 0 Å². The van der Waals surface area contributed by atoms with Gasteiger partial charge in [0.15, 0.2) is 0 Å². The predicted octanol–water partition coefficient (Wildman–Crippen LogP) is 1.57. The van der Waals surface area contributed by atoms with Crippen LogP contribution in [0.15, 0.2) is 28.7 Å². The maximum atomic E-state index is 11.5. The highest BCUT2D eigenvalue weighted by atomic mass is 16.4. The molecule has 0 atom stereocenters. The van der Waals surface area contributed by atoms with Gasteiger partial charge in [0.2, 0.25) is 17.7 Å². The molecule has 0 radical (unpaired) electrons. The third kappa shape index (κ3) is 3.89. The number of hydrogen-bond acceptors (Lipinski definition) is 5. The molecule has 2 rings (SSSR count). The highest BCUT2D eigenvalue weighted by Crippen LogP contribution is 2.18. The predicted molar refractivity (Wildman–Crippen MR) is 74.6 cm³/mol. The Bertz CT molecular complexity index is 575. The van der Waals surface area contributed by atoms with Crippen LogP contribution in [0.5, 0.6) is 0 Å². The van der Waals surface area contributed by atoms with Crippen LogP contribution < -0.4 is 5.43 Å². The van der Waals surface area contributed by atoms with E-state index in [1.54, 1.807) is 19.1 Å². The van der Waals surface area contributed by atoms with Crippen LogP contribution in [0.3, 0.4) is 0 Å². The van der Waals surface area contributed by atoms with E-state index in [1.807, 2.05) is 31.2 Å². The molecule has 20 heavy (non-hydrogen) atoms. The van der Waals surface area contributed by atoms with Crippen molar-refractivity contribution in [1.29, 1.82) is 0 Å². The van der Waals surface area contributed by atoms with Gasteiger partial charge in [-0.25, -0.2) is 5.01 Å². The molecule has 106 valence electrons. The Morgan fingerprint density at radius 3 is 2.60 bits per heavy atom. The number of aryl methyl sites for hydroxylation is 2. The van der Waals surface area contributed by atoms with Gasteiger partial charge in [0.05, 0.1) is 0 Å². The van der Waals surface area contributed by atoms with E-state index in [0.29, 0.717) is 24.6 Å². The molecule has 0 unspecified atom stereocenters. The Morgan fingerprint density at radius 1 is 1.25 bits per heavy atom. The van der Waals surface area contributed by atoms with Crippen molar-refractivity contribution in [1.82, 2.24) is 20.6 Å². The number of nitrogens with one attached hydrogen (secondary N) is 1. The van der Waals surface area contributed by atoms with E-state index < -0.39 is 0 Å². The number of carbonyl (C=O) groups excluding carboxylic acids is 1. The number of nitrogens with zero attached hydrogens (tertiary/aromatic N) is 3. The van der Waals surface area contributed by atoms with E-state index in [-0.39, 0.29) is 5.91 Å². The lowest BCUT2D eigenvalue weighted by Crippen LogP contribution is -2.36. The quantitative estimate of drug-likeness (QED) is 0.838. The summed E-state index contributed by atoms with van der Waals surface area (Å²) < 4.78 is 5.55. The molecule has 0 aliphatic heterocycles. The minimum Gasteiger partial charge on any atom is -0.421 e. The number of hydrazine groups is 1. The van der Waals surface area contributed by atoms with Gasteiger partial charge >= 0.3 is 0 Å². The third-order valence-electron chi connectivity index (χ3n) is 2.68. The van der Waals surface area contributed by atoms with Crippen molar-refractivity contribution in [2.45, 2.75) is 19.8 Å². The molecular weight excluding hydrogens is 256 g/mol. The van der Waals surface area contributed by atoms with Gasteiger partial charge in [0.25, 0.3) is 0 Å². The Balaban J connectivity index is 1.95. The molecule has 0 aliphatic carbocycles. The van der Waals surface area contributed by atoms with Gasteiger partial charge in [-0.3, -0.25) is 10.2 Å². The van der Waals surface area contributed by atoms with Gasteiger partial charge in [0, 0.05) is 32.5 Å². The van der Waals surface area contributed by atoms with Crippen LogP contribution in [0.25, 0.3) is 11.5 Å². The number of hydrogen-bond donors (Lipinski definition) is 1. The fourth-order valence-electron chi connectivity index (χ4n) is 1.69. The van der Waals surface area contributed by atoms with Crippen molar-refractivity contribution in [3.05, 3.63) is 35.7 Å². The average Bonchev–Trinajstić information content (AvgIpc) is 2.85. The molecule has 0 bridgehead atoms. The molecule has 6 heteroatoms. The van der Waals surface area contributed by atoms with Gasteiger partial charge in [-0.15, -0.1) is 10.2 Å². The van der Waals surface area contributed by atoms with Crippen molar-refractivity contribution in [2.24, 2.45) is 0 Å². The van der Waals surface area contributed by atoms with E-state index in [2.05, 4.69) is 15.6 Å². The van der Waals surface area contributed by atoms with Crippen LogP contribution in [-0.4, -0.2) is 35.2 Å². The van der Waals surface area contributed by atoms with E-state index in [4.69, 9.17) is 4.42 Å². The molecule has 1 N–H and O–H groups in total. The number of amides is 1. The Kier molecular flexibility index (Phi) is 4.47. The molecule has 0 spiro atoms. The summed E-state index contributed by atoms with van der Waals surface area (Å²) in [5.41, 5.74) is 4.72. The number of benzene rings is 1. The fourth-order valence-corrected chi connectivity index (χ4v) is 1.69. The lowest BCUT2D eigenvalue weighted by atomic mass is 10.1. The molecular formula is C14H18N4O2. The van der Waals surface area contributed by atoms with Crippen LogP contribution in [0, 0.1) is 6.92 Å². The highest BCUT2D eigenvalue weighted by molar-refractivity contribution is 5.75. The van der Waals surface area contributed by atoms with Crippen molar-refractivity contribution in [3.8, 4) is 11.5 Å². The summed E-state index contributed by atoms with van der Waals surface area (Å²) in [6.07, 6.45) is 0.742. The minimum absolute atomic E-state index is 0.0786. The molecule has 0 aliphatic rings. The molecule has 1 heterocycles. The highest BCUT2D eigenvalue weighted by Gasteiger charge is 2.10. The van der Waals surface area contributed by atoms with E-state index in [9.17, 15) is 4.79 Å². The topological polar surface area (TPSA) is 71.3 Å². The van der Waals surface area contributed by atoms with Crippen LogP contribution in [0.1, 0.15) is 17.9 Å². The molecule has 0 saturated carbocycles. The maximum Gasteiger partial charge on any atom is 0.247 e. The largest absolute Gasteiger partial charge is 0.421 e. The molecule has 1 aromatic heterocycles. The lowest BCUT2D eigenvalue weighted by Gasteiger charge is -2.10. The van der Waals surface area contributed by atoms with Crippen LogP contribution in [0.4, 0.5) is 0 Å². The molecule has 1 amide bonds. The Morgan fingerprint density at radius 2 is 1.95 bits per heavy atom. The SMILES string of the molecule is Cc1ccc(-c2nnc(CCC(=O)NN(C)C)o2)cc1. The molecule has 0 saturated heterocycles. The number of carbonyl (C=O) groups is 1. The summed E-state index contributed by atoms with van der Waals surface area (Å²) in [5, 5.41) is 9.56. The van der Waals surface area contributed by atoms with E-state index in [0.717, 1.165) is 5.56 Å². The third-order valence-corrected chi connectivity index (χ3v) is 2.68. The molecule has 1 aromatic carbocycles. The molecule has 6 nitrogen and oxygen atoms in total. The summed E-state index contributed by atoms with van der Waals surface area (Å²) >= 11 is 0. The number of aromatic nitrogens is 2. The number of rotatable bonds is 5. The van der Waals surface area contributed by atoms with E-state index in [1.165, 1.54) is 5.56 Å². The first-order valence-corrected chi connectivity index (χ1v) is 6.41. The van der Waals surface area contributed by atoms with Gasteiger partial charge in [-0.1, -0.05) is 17.7 Å². The normalized spacial score (nSPS) is 10.8. The van der Waals surface area contributed by atoms with Crippen molar-refractivity contribution in [3.63, 3.8) is 0 Å². The summed E-state index contributed by atoms with van der Waals surface area (Å²) in [5.74, 6) is 0.868. The summed E-state index contributed by atoms with van der Waals surface area (Å²) in [6.45, 7) is 2.02. The Hall–Kier alpha value is -2.21. The van der Waals surface area contributed by atoms with Crippen LogP contribution >= 0.6 is 0 Å². The summed E-state index contributed by atoms with van der Waals surface area (Å²) in [4.78, 5) is 11.5. The van der Waals surface area contributed by atoms with Gasteiger partial charge in [0.1, 0.15) is 0 Å². The summed E-state index contributed by atoms with van der Waals surface area (Å²) in [7, 11) is 3.53. The second kappa shape index (κ2) is 6.29. The van der Waals surface area contributed by atoms with Crippen molar-refractivity contribution in [2.75, 3.05) is 14.1 Å². The van der Waals surface area contributed by atoms with Crippen molar-refractivity contribution >= 4 is 5.91 Å². The second-order valence-electron chi connectivity index (χ2n) is 4.80. The van der Waals surface area contributed by atoms with E-state index >= 15 is 0 Å². The Labute approximate surface area is 117 Å². The monoisotopic (exact) mass is 274 g/mol. The first kappa shape index (κ1) is 14.2. The van der Waals surface area contributed by atoms with Gasteiger partial charge in [-0.2, -0.15) is 0 Å². The average molecular weight is 274 g/mol. The lowest BCUT2D eigenvalue weighted by molar-refractivity contribution is -0.124. The van der Waals surface area contributed by atoms with Gasteiger partial charge < -0.3 is 4.42 Å². The smallest absolute Gasteiger partial charge is 0.247 e. The first-order valence-electron chi connectivity index (χ1n) is 6.41. The first-order chi connectivity index (χ1) is 9.54. The minimum atomic E-state index is -0.0786. The zero-order chi connectivity index (χ0) is 14.5. The zero-order valence-electron chi connectivity index (χ0n) is 11.9. The molecule has 0 fully saturated rings. The standard InChI is InChI=1S/C14H18N4O2/c1-10-4-6-11(7-5-10)14-16-15-13(20-14)9-8-12(19)17-18(2)3/h4-7H,8-9H2,1-3H3,(H,17,19). The summed E-state index contributed by atoms with van der Waals surface area (Å²) in [6, 6.07) is 7.85. The zero-order valence-corrected chi connectivity index (χ0v) is 11.9. The fraction of sp³-hybridized carbons (Fsp3) is 0.357. The van der Waals surface area contributed by atoms with Crippen molar-refractivity contribution < 1.29 is 9.21 Å². The van der Waals surface area contributed by atoms with Gasteiger partial charge in [-0.05, 0) is 19.1 Å². The maximum absolute atomic E-state index is 11.5. The van der Waals surface area contributed by atoms with Crippen LogP contribution in [-0.2, 0) is 11.2 Å².